The summed E-state index contributed by atoms with van der Waals surface area (Å²) in [4.78, 5) is 51.8. The number of halogens is 4. The topological polar surface area (TPSA) is 140 Å². The lowest BCUT2D eigenvalue weighted by atomic mass is 9.95. The van der Waals surface area contributed by atoms with Gasteiger partial charge in [0, 0.05) is 30.2 Å². The van der Waals surface area contributed by atoms with Crippen molar-refractivity contribution in [1.82, 2.24) is 21.1 Å². The highest BCUT2D eigenvalue weighted by Gasteiger charge is 2.34. The SMILES string of the molecule is CC(C)CC(NC(=O)c1cc(-c2ccccc2)on1)C(=O)NC(C[C@@H]1CCNC1=O)C(=O)COc1c(F)c(F)cc(F)c1F. The third-order valence-electron chi connectivity index (χ3n) is 6.95. The number of carbonyl (C=O) groups excluding carboxylic acids is 4. The van der Waals surface area contributed by atoms with Crippen molar-refractivity contribution in [3.05, 3.63) is 71.4 Å². The van der Waals surface area contributed by atoms with Crippen LogP contribution in [-0.4, -0.2) is 53.9 Å². The molecule has 1 fully saturated rings. The number of ether oxygens (including phenoxy) is 1. The smallest absolute Gasteiger partial charge is 0.274 e. The van der Waals surface area contributed by atoms with E-state index in [4.69, 9.17) is 9.26 Å². The van der Waals surface area contributed by atoms with Crippen LogP contribution < -0.4 is 20.7 Å². The van der Waals surface area contributed by atoms with Gasteiger partial charge in [-0.25, -0.2) is 8.78 Å². The maximum Gasteiger partial charge on any atom is 0.274 e. The van der Waals surface area contributed by atoms with Crippen LogP contribution in [0.2, 0.25) is 0 Å². The summed E-state index contributed by atoms with van der Waals surface area (Å²) in [6, 6.07) is 7.71. The van der Waals surface area contributed by atoms with Crippen molar-refractivity contribution in [2.24, 2.45) is 11.8 Å². The lowest BCUT2D eigenvalue weighted by Crippen LogP contribution is -2.53. The molecule has 0 radical (unpaired) electrons. The molecular weight excluding hydrogens is 588 g/mol. The molecule has 3 aromatic rings. The van der Waals surface area contributed by atoms with Gasteiger partial charge in [0.05, 0.1) is 6.04 Å². The molecule has 1 aliphatic rings. The molecule has 2 unspecified atom stereocenters. The predicted molar refractivity (Wildman–Crippen MR) is 147 cm³/mol. The van der Waals surface area contributed by atoms with E-state index in [9.17, 15) is 36.7 Å². The Balaban J connectivity index is 1.50. The molecule has 234 valence electrons. The molecule has 1 aromatic heterocycles. The van der Waals surface area contributed by atoms with E-state index < -0.39 is 71.2 Å². The fourth-order valence-corrected chi connectivity index (χ4v) is 4.68. The number of nitrogens with one attached hydrogen (secondary N) is 3. The summed E-state index contributed by atoms with van der Waals surface area (Å²) in [7, 11) is 0. The Morgan fingerprint density at radius 1 is 1.02 bits per heavy atom. The molecule has 0 saturated carbocycles. The summed E-state index contributed by atoms with van der Waals surface area (Å²) in [5, 5.41) is 11.5. The monoisotopic (exact) mass is 618 g/mol. The standard InChI is InChI=1S/C30H30F4N4O6/c1-15(2)10-21(37-30(42)22-13-24(44-38-22)16-6-4-3-5-7-16)29(41)36-20(11-17-8-9-35-28(17)40)23(39)14-43-27-25(33)18(31)12-19(32)26(27)34/h3-7,12-13,15,17,20-21H,8-11,14H2,1-2H3,(H,35,40)(H,36,41)(H,37,42)/t17-,20?,21?/m0/s1. The Hall–Kier alpha value is -4.75. The molecule has 4 rings (SSSR count). The van der Waals surface area contributed by atoms with E-state index in [2.05, 4.69) is 21.1 Å². The van der Waals surface area contributed by atoms with Gasteiger partial charge in [0.2, 0.25) is 23.4 Å². The molecule has 3 amide bonds. The first kappa shape index (κ1) is 32.2. The number of ketones is 1. The Bertz CT molecular complexity index is 1500. The van der Waals surface area contributed by atoms with E-state index in [1.165, 1.54) is 6.07 Å². The molecule has 44 heavy (non-hydrogen) atoms. The highest BCUT2D eigenvalue weighted by atomic mass is 19.2. The Labute approximate surface area is 249 Å². The summed E-state index contributed by atoms with van der Waals surface area (Å²) in [5.74, 6) is -11.8. The lowest BCUT2D eigenvalue weighted by molar-refractivity contribution is -0.131. The number of carbonyl (C=O) groups is 4. The molecule has 1 aliphatic heterocycles. The first-order valence-electron chi connectivity index (χ1n) is 13.8. The summed E-state index contributed by atoms with van der Waals surface area (Å²) in [6.45, 7) is 2.86. The largest absolute Gasteiger partial charge is 0.479 e. The number of benzene rings is 2. The average molecular weight is 619 g/mol. The summed E-state index contributed by atoms with van der Waals surface area (Å²) in [6.07, 6.45) is 0.287. The van der Waals surface area contributed by atoms with Crippen LogP contribution in [0.15, 0.2) is 47.0 Å². The van der Waals surface area contributed by atoms with Gasteiger partial charge in [0.1, 0.15) is 12.6 Å². The number of Topliss-reactive ketones (excluding diaryl/α,β-unsaturated/α-hetero) is 1. The van der Waals surface area contributed by atoms with Crippen LogP contribution in [0.4, 0.5) is 17.6 Å². The highest BCUT2D eigenvalue weighted by molar-refractivity contribution is 5.98. The zero-order valence-corrected chi connectivity index (χ0v) is 23.8. The predicted octanol–water partition coefficient (Wildman–Crippen LogP) is 3.70. The van der Waals surface area contributed by atoms with Gasteiger partial charge in [0.25, 0.3) is 5.91 Å². The molecule has 3 atom stereocenters. The molecule has 14 heteroatoms. The van der Waals surface area contributed by atoms with Crippen LogP contribution in [0.3, 0.4) is 0 Å². The first-order valence-corrected chi connectivity index (χ1v) is 13.8. The second-order valence-corrected chi connectivity index (χ2v) is 10.7. The fourth-order valence-electron chi connectivity index (χ4n) is 4.68. The molecule has 0 aliphatic carbocycles. The fraction of sp³-hybridized carbons (Fsp3) is 0.367. The minimum Gasteiger partial charge on any atom is -0.479 e. The molecule has 1 saturated heterocycles. The van der Waals surface area contributed by atoms with Gasteiger partial charge in [-0.15, -0.1) is 0 Å². The van der Waals surface area contributed by atoms with E-state index in [-0.39, 0.29) is 36.4 Å². The molecule has 10 nitrogen and oxygen atoms in total. The number of hydrogen-bond donors (Lipinski definition) is 3. The van der Waals surface area contributed by atoms with Crippen LogP contribution in [0, 0.1) is 35.1 Å². The van der Waals surface area contributed by atoms with Crippen LogP contribution in [0.25, 0.3) is 11.3 Å². The molecule has 2 heterocycles. The van der Waals surface area contributed by atoms with Crippen LogP contribution in [-0.2, 0) is 14.4 Å². The van der Waals surface area contributed by atoms with E-state index in [0.29, 0.717) is 24.3 Å². The summed E-state index contributed by atoms with van der Waals surface area (Å²) < 4.78 is 65.4. The number of aromatic nitrogens is 1. The summed E-state index contributed by atoms with van der Waals surface area (Å²) in [5.41, 5.74) is 0.580. The number of hydrogen-bond acceptors (Lipinski definition) is 7. The number of rotatable bonds is 13. The van der Waals surface area contributed by atoms with Gasteiger partial charge in [-0.3, -0.25) is 19.2 Å². The van der Waals surface area contributed by atoms with Crippen molar-refractivity contribution in [3.63, 3.8) is 0 Å². The van der Waals surface area contributed by atoms with Crippen molar-refractivity contribution < 1.29 is 46.0 Å². The van der Waals surface area contributed by atoms with Gasteiger partial charge in [-0.05, 0) is 25.2 Å². The Morgan fingerprint density at radius 2 is 1.70 bits per heavy atom. The Kier molecular flexibility index (Phi) is 10.3. The Morgan fingerprint density at radius 3 is 2.32 bits per heavy atom. The summed E-state index contributed by atoms with van der Waals surface area (Å²) >= 11 is 0. The molecule has 0 spiro atoms. The van der Waals surface area contributed by atoms with Gasteiger partial charge < -0.3 is 25.2 Å². The van der Waals surface area contributed by atoms with Gasteiger partial charge in [0.15, 0.2) is 34.6 Å². The first-order chi connectivity index (χ1) is 20.9. The lowest BCUT2D eigenvalue weighted by Gasteiger charge is -2.25. The van der Waals surface area contributed by atoms with Gasteiger partial charge >= 0.3 is 0 Å². The third-order valence-corrected chi connectivity index (χ3v) is 6.95. The van der Waals surface area contributed by atoms with Crippen molar-refractivity contribution in [3.8, 4) is 17.1 Å². The molecule has 2 aromatic carbocycles. The maximum absolute atomic E-state index is 14.1. The van der Waals surface area contributed by atoms with Crippen LogP contribution in [0.1, 0.15) is 43.6 Å². The van der Waals surface area contributed by atoms with Crippen LogP contribution in [0.5, 0.6) is 5.75 Å². The minimum absolute atomic E-state index is 0.00816. The van der Waals surface area contributed by atoms with Gasteiger partial charge in [-0.2, -0.15) is 8.78 Å². The number of nitrogens with zero attached hydrogens (tertiary/aromatic N) is 1. The van der Waals surface area contributed by atoms with Crippen LogP contribution >= 0.6 is 0 Å². The zero-order chi connectivity index (χ0) is 32.0. The van der Waals surface area contributed by atoms with Crippen molar-refractivity contribution in [2.45, 2.75) is 45.2 Å². The zero-order valence-electron chi connectivity index (χ0n) is 23.8. The highest BCUT2D eigenvalue weighted by Crippen LogP contribution is 2.27. The normalized spacial score (nSPS) is 15.9. The van der Waals surface area contributed by atoms with Gasteiger partial charge in [-0.1, -0.05) is 49.3 Å². The molecular formula is C30H30F4N4O6. The number of amides is 3. The average Bonchev–Trinajstić information content (AvgIpc) is 3.65. The van der Waals surface area contributed by atoms with Crippen molar-refractivity contribution in [1.29, 1.82) is 0 Å². The van der Waals surface area contributed by atoms with Crippen molar-refractivity contribution >= 4 is 23.5 Å². The van der Waals surface area contributed by atoms with E-state index >= 15 is 0 Å². The van der Waals surface area contributed by atoms with E-state index in [1.807, 2.05) is 6.07 Å². The quantitative estimate of drug-likeness (QED) is 0.196. The molecule has 3 N–H and O–H groups in total. The van der Waals surface area contributed by atoms with E-state index in [1.54, 1.807) is 38.1 Å². The van der Waals surface area contributed by atoms with Crippen molar-refractivity contribution in [2.75, 3.05) is 13.2 Å². The van der Waals surface area contributed by atoms with E-state index in [0.717, 1.165) is 0 Å². The molecule has 0 bridgehead atoms. The minimum atomic E-state index is -1.84. The maximum atomic E-state index is 14.1. The third kappa shape index (κ3) is 7.79. The second-order valence-electron chi connectivity index (χ2n) is 10.7. The second kappa shape index (κ2) is 14.1.